The molecule has 0 heterocycles. The number of esters is 2. The van der Waals surface area contributed by atoms with E-state index in [0.29, 0.717) is 23.3 Å². The Labute approximate surface area is 574 Å². The number of hydrogen-bond acceptors (Lipinski definition) is 12. The van der Waals surface area contributed by atoms with Crippen LogP contribution in [-0.4, -0.2) is 75.1 Å². The summed E-state index contributed by atoms with van der Waals surface area (Å²) in [5.74, 6) is -4.03. The summed E-state index contributed by atoms with van der Waals surface area (Å²) in [6.45, 7) is 0.616. The number of carbonyl (C=O) groups excluding carboxylic acids is 2. The Bertz CT molecular complexity index is 4340. The van der Waals surface area contributed by atoms with Crippen LogP contribution in [0.15, 0.2) is 273 Å². The predicted octanol–water partition coefficient (Wildman–Crippen LogP) is 11.8. The van der Waals surface area contributed by atoms with Crippen LogP contribution in [0.25, 0.3) is 53.9 Å². The maximum absolute atomic E-state index is 12.2. The summed E-state index contributed by atoms with van der Waals surface area (Å²) in [4.78, 5) is 56.5. The van der Waals surface area contributed by atoms with Gasteiger partial charge in [-0.1, -0.05) is 273 Å². The van der Waals surface area contributed by atoms with Gasteiger partial charge in [0.2, 0.25) is 0 Å². The van der Waals surface area contributed by atoms with Gasteiger partial charge in [-0.25, -0.2) is 19.2 Å². The second-order valence-corrected chi connectivity index (χ2v) is 20.4. The normalized spacial score (nSPS) is 11.7. The Morgan fingerprint density at radius 1 is 0.337 bits per heavy atom. The van der Waals surface area contributed by atoms with Crippen molar-refractivity contribution in [2.75, 3.05) is 14.2 Å². The number of carbonyl (C=O) groups is 5. The summed E-state index contributed by atoms with van der Waals surface area (Å²) < 4.78 is 21.1. The third-order valence-corrected chi connectivity index (χ3v) is 14.5. The fraction of sp³-hybridized carbons (Fsp3) is 0.118. The van der Waals surface area contributed by atoms with Crippen LogP contribution in [0.3, 0.4) is 0 Å². The number of aliphatic hydroxyl groups is 2. The average molecular weight is 1260 g/mol. The second kappa shape index (κ2) is 36.5. The molecule has 4 unspecified atom stereocenters. The van der Waals surface area contributed by atoms with Crippen LogP contribution >= 0.6 is 0 Å². The van der Waals surface area contributed by atoms with E-state index in [2.05, 4.69) is 4.74 Å². The van der Waals surface area contributed by atoms with Crippen LogP contribution in [0, 0.1) is 0 Å². The van der Waals surface area contributed by atoms with Crippen LogP contribution in [0.4, 0.5) is 0 Å². The number of rotatable bonds is 16. The van der Waals surface area contributed by atoms with E-state index in [-0.39, 0.29) is 69.9 Å². The summed E-state index contributed by atoms with van der Waals surface area (Å²) in [6.07, 6.45) is -4.33. The van der Waals surface area contributed by atoms with E-state index in [1.54, 1.807) is 24.3 Å². The van der Waals surface area contributed by atoms with Crippen molar-refractivity contribution in [3.8, 4) is 0 Å². The molecule has 12 rings (SSSR count). The van der Waals surface area contributed by atoms with Crippen LogP contribution in [-0.2, 0) is 62.6 Å². The summed E-state index contributed by atoms with van der Waals surface area (Å²) >= 11 is 0. The SMILES string of the molecule is COC(=O)C(O)c1cccc2ccccc12.COC(=O)C(OCc1ccccc1)c1cccc2ccccc12.O=C(O)C(O)c1cccc2ccccc12.O=C(O)C(OCc1ccccc1)c1cccc2ccccc12.O=C(O)Cc1cccc2ccccc12.[K+].[OH-]. The van der Waals surface area contributed by atoms with Gasteiger partial charge in [-0.05, 0) is 92.8 Å². The maximum atomic E-state index is 12.2. The van der Waals surface area contributed by atoms with E-state index in [0.717, 1.165) is 76.1 Å². The minimum Gasteiger partial charge on any atom is -0.870 e. The Morgan fingerprint density at radius 3 is 1.02 bits per heavy atom. The molecule has 0 aromatic heterocycles. The average Bonchev–Trinajstić information content (AvgIpc) is 0.886. The molecule has 462 valence electrons. The van der Waals surface area contributed by atoms with Gasteiger partial charge in [0.15, 0.2) is 24.4 Å². The van der Waals surface area contributed by atoms with Crippen molar-refractivity contribution in [2.24, 2.45) is 0 Å². The Kier molecular flexibility index (Phi) is 28.5. The molecule has 15 nitrogen and oxygen atoms in total. The molecular weight excluding hydrogens is 1190 g/mol. The third kappa shape index (κ3) is 19.6. The van der Waals surface area contributed by atoms with Crippen LogP contribution in [0.1, 0.15) is 63.4 Å². The molecule has 0 spiro atoms. The van der Waals surface area contributed by atoms with E-state index < -0.39 is 54.3 Å². The molecule has 4 atom stereocenters. The zero-order chi connectivity index (χ0) is 63.8. The van der Waals surface area contributed by atoms with Crippen molar-refractivity contribution < 1.29 is 125 Å². The van der Waals surface area contributed by atoms with E-state index in [1.807, 2.05) is 249 Å². The molecule has 6 N–H and O–H groups in total. The zero-order valence-corrected chi connectivity index (χ0v) is 53.9. The number of methoxy groups -OCH3 is 2. The minimum absolute atomic E-state index is 0. The van der Waals surface area contributed by atoms with Crippen molar-refractivity contribution in [3.63, 3.8) is 0 Å². The van der Waals surface area contributed by atoms with E-state index in [9.17, 15) is 39.3 Å². The van der Waals surface area contributed by atoms with Crippen molar-refractivity contribution >= 4 is 83.7 Å². The Morgan fingerprint density at radius 2 is 0.641 bits per heavy atom. The first kappa shape index (κ1) is 71.8. The first-order valence-corrected chi connectivity index (χ1v) is 28.6. The van der Waals surface area contributed by atoms with E-state index >= 15 is 0 Å². The molecule has 0 radical (unpaired) electrons. The molecule has 12 aromatic rings. The third-order valence-electron chi connectivity index (χ3n) is 14.5. The van der Waals surface area contributed by atoms with Gasteiger partial charge in [-0.3, -0.25) is 4.79 Å². The van der Waals surface area contributed by atoms with Gasteiger partial charge in [0.1, 0.15) is 0 Å². The zero-order valence-electron chi connectivity index (χ0n) is 50.8. The quantitative estimate of drug-likeness (QED) is 0.0445. The second-order valence-electron chi connectivity index (χ2n) is 20.4. The first-order chi connectivity index (χ1) is 43.8. The predicted molar refractivity (Wildman–Crippen MR) is 350 cm³/mol. The molecular formula is C76H67KO15. The van der Waals surface area contributed by atoms with Crippen molar-refractivity contribution in [3.05, 3.63) is 312 Å². The molecule has 0 fully saturated rings. The fourth-order valence-electron chi connectivity index (χ4n) is 10.1. The number of aliphatic hydroxyl groups excluding tert-OH is 2. The molecule has 0 saturated heterocycles. The van der Waals surface area contributed by atoms with Crippen molar-refractivity contribution in [1.82, 2.24) is 0 Å². The molecule has 12 aromatic carbocycles. The molecule has 0 aliphatic rings. The van der Waals surface area contributed by atoms with Crippen LogP contribution in [0.2, 0.25) is 0 Å². The van der Waals surface area contributed by atoms with Gasteiger partial charge in [0.05, 0.1) is 33.9 Å². The summed E-state index contributed by atoms with van der Waals surface area (Å²) in [5.41, 5.74) is 5.35. The van der Waals surface area contributed by atoms with Gasteiger partial charge < -0.3 is 50.0 Å². The van der Waals surface area contributed by atoms with Crippen LogP contribution in [0.5, 0.6) is 0 Å². The number of ether oxygens (including phenoxy) is 4. The molecule has 0 aliphatic carbocycles. The minimum atomic E-state index is -1.46. The van der Waals surface area contributed by atoms with Gasteiger partial charge in [0, 0.05) is 0 Å². The first-order valence-electron chi connectivity index (χ1n) is 28.6. The van der Waals surface area contributed by atoms with Crippen molar-refractivity contribution in [2.45, 2.75) is 44.1 Å². The molecule has 0 amide bonds. The van der Waals surface area contributed by atoms with E-state index in [4.69, 9.17) is 24.4 Å². The topological polar surface area (TPSA) is 253 Å². The smallest absolute Gasteiger partial charge is 0.870 e. The van der Waals surface area contributed by atoms with Gasteiger partial charge >= 0.3 is 81.2 Å². The molecule has 0 bridgehead atoms. The monoisotopic (exact) mass is 1260 g/mol. The van der Waals surface area contributed by atoms with E-state index in [1.165, 1.54) is 14.2 Å². The maximum Gasteiger partial charge on any atom is 1.00 e. The number of carboxylic acids is 3. The molecule has 16 heteroatoms. The van der Waals surface area contributed by atoms with Gasteiger partial charge in [-0.2, -0.15) is 0 Å². The number of fused-ring (bicyclic) bond motifs is 5. The molecule has 0 saturated carbocycles. The van der Waals surface area contributed by atoms with Gasteiger partial charge in [0.25, 0.3) is 0 Å². The number of aliphatic carboxylic acids is 3. The number of hydrogen-bond donors (Lipinski definition) is 5. The largest absolute Gasteiger partial charge is 1.00 e. The molecule has 0 aliphatic heterocycles. The Balaban J connectivity index is 0.000000184. The summed E-state index contributed by atoms with van der Waals surface area (Å²) in [7, 11) is 2.64. The Hall–Kier alpha value is -9.27. The van der Waals surface area contributed by atoms with Crippen LogP contribution < -0.4 is 51.4 Å². The number of carboxylic acid groups (broad SMARTS) is 3. The van der Waals surface area contributed by atoms with Gasteiger partial charge in [-0.15, -0.1) is 0 Å². The fourth-order valence-corrected chi connectivity index (χ4v) is 10.1. The molecule has 92 heavy (non-hydrogen) atoms. The standard InChI is InChI=1S/C20H18O3.C19H16O3.C13H12O3.C12H10O3.C12H10O2.K.H2O/c1-22-20(21)19(23-14-15-8-3-2-4-9-15)18-13-7-11-16-10-5-6-12-17(16)18;20-19(21)18(22-13-14-7-2-1-3-8-14)17-12-6-10-15-9-4-5-11-16(15)17;1-16-13(15)12(14)11-8-4-6-9-5-2-3-7-10(9)11;13-11(12(14)15)10-7-3-5-8-4-1-2-6-9(8)10;13-12(14)8-10-6-3-5-9-4-1-2-7-11(9)10;;/h2-13,19H,14H2,1H3;1-12,18H,13H2,(H,20,21);2-8,12,14H,1H3;1-7,11,13H,(H,14,15);1-7H,8H2,(H,13,14);;1H2/q;;;;;+1;/p-1. The summed E-state index contributed by atoms with van der Waals surface area (Å²) in [6, 6.07) is 85.8. The van der Waals surface area contributed by atoms with Crippen molar-refractivity contribution in [1.29, 1.82) is 0 Å². The number of benzene rings is 12. The summed E-state index contributed by atoms with van der Waals surface area (Å²) in [5, 5.41) is 56.0.